The quantitative estimate of drug-likeness (QED) is 0.255. The van der Waals surface area contributed by atoms with Gasteiger partial charge in [-0.05, 0) is 49.7 Å². The number of benzene rings is 2. The number of para-hydroxylation sites is 2. The Morgan fingerprint density at radius 1 is 0.976 bits per heavy atom. The molecule has 0 radical (unpaired) electrons. The normalized spacial score (nSPS) is 12.2. The third-order valence-corrected chi connectivity index (χ3v) is 7.38. The van der Waals surface area contributed by atoms with Gasteiger partial charge in [0.2, 0.25) is 0 Å². The van der Waals surface area contributed by atoms with Gasteiger partial charge in [0.25, 0.3) is 5.56 Å². The standard InChI is InChI=1S/C31H27N9O2/c1-19-12-15-39-27(19)31(42)40(22-9-4-3-5-10-22)30(37-39)20(2)35-29-26-23(16-32-28(26)33-18-34-29)24-13-14-38(36-24)17-21-8-6-7-11-25(21)41/h3-16,18,20,41H,17H2,1-2H3,(H2,32,33,34,35)/t20-/m0/s1. The van der Waals surface area contributed by atoms with Crippen LogP contribution in [0, 0.1) is 6.92 Å². The minimum atomic E-state index is -0.413. The number of fused-ring (bicyclic) bond motifs is 2. The number of aryl methyl sites for hydroxylation is 1. The number of nitrogens with zero attached hydrogens (tertiary/aromatic N) is 7. The Labute approximate surface area is 239 Å². The van der Waals surface area contributed by atoms with Gasteiger partial charge in [0, 0.05) is 29.7 Å². The lowest BCUT2D eigenvalue weighted by atomic mass is 10.1. The number of hydrogen-bond acceptors (Lipinski definition) is 7. The third kappa shape index (κ3) is 4.27. The summed E-state index contributed by atoms with van der Waals surface area (Å²) < 4.78 is 5.07. The molecule has 0 fully saturated rings. The van der Waals surface area contributed by atoms with E-state index in [2.05, 4.69) is 20.3 Å². The average molecular weight is 558 g/mol. The van der Waals surface area contributed by atoms with E-state index in [9.17, 15) is 9.90 Å². The fourth-order valence-electron chi connectivity index (χ4n) is 5.29. The monoisotopic (exact) mass is 557 g/mol. The number of rotatable bonds is 7. The van der Waals surface area contributed by atoms with Crippen LogP contribution in [0.1, 0.15) is 29.9 Å². The second kappa shape index (κ2) is 10.0. The topological polar surface area (TPSA) is 131 Å². The molecule has 0 unspecified atom stereocenters. The first-order valence-electron chi connectivity index (χ1n) is 13.5. The molecule has 11 nitrogen and oxygen atoms in total. The van der Waals surface area contributed by atoms with Crippen LogP contribution in [-0.4, -0.2) is 44.0 Å². The molecule has 0 aliphatic carbocycles. The van der Waals surface area contributed by atoms with Crippen molar-refractivity contribution in [3.63, 3.8) is 0 Å². The molecule has 5 heterocycles. The highest BCUT2D eigenvalue weighted by molar-refractivity contribution is 6.00. The summed E-state index contributed by atoms with van der Waals surface area (Å²) in [4.78, 5) is 26.0. The van der Waals surface area contributed by atoms with Gasteiger partial charge >= 0.3 is 0 Å². The fraction of sp³-hybridized carbons (Fsp3) is 0.129. The molecule has 0 saturated carbocycles. The summed E-state index contributed by atoms with van der Waals surface area (Å²) in [5, 5.41) is 24.1. The van der Waals surface area contributed by atoms with Gasteiger partial charge in [-0.2, -0.15) is 10.2 Å². The number of aromatic amines is 1. The SMILES string of the molecule is Cc1ccn2nc([C@H](C)Nc3ncnc4[nH]cc(-c5ccn(Cc6ccccc6O)n5)c34)n(-c3ccccc3)c(=O)c12. The van der Waals surface area contributed by atoms with E-state index in [0.717, 1.165) is 33.5 Å². The van der Waals surface area contributed by atoms with Gasteiger partial charge in [-0.25, -0.2) is 14.5 Å². The van der Waals surface area contributed by atoms with Crippen molar-refractivity contribution in [1.82, 2.24) is 38.9 Å². The second-order valence-electron chi connectivity index (χ2n) is 10.2. The number of aromatic hydroxyl groups is 1. The molecule has 11 heteroatoms. The van der Waals surface area contributed by atoms with Crippen molar-refractivity contribution < 1.29 is 5.11 Å². The third-order valence-electron chi connectivity index (χ3n) is 7.38. The zero-order valence-electron chi connectivity index (χ0n) is 22.9. The van der Waals surface area contributed by atoms with Crippen molar-refractivity contribution in [2.75, 3.05) is 5.32 Å². The molecule has 7 rings (SSSR count). The van der Waals surface area contributed by atoms with Crippen molar-refractivity contribution in [3.05, 3.63) is 119 Å². The van der Waals surface area contributed by atoms with Gasteiger partial charge in [-0.15, -0.1) is 0 Å². The van der Waals surface area contributed by atoms with Gasteiger partial charge < -0.3 is 15.4 Å². The molecule has 7 aromatic rings. The Balaban J connectivity index is 1.28. The smallest absolute Gasteiger partial charge is 0.282 e. The minimum absolute atomic E-state index is 0.146. The molecule has 5 aromatic heterocycles. The molecule has 3 N–H and O–H groups in total. The van der Waals surface area contributed by atoms with E-state index >= 15 is 0 Å². The number of H-pyrrole nitrogens is 1. The summed E-state index contributed by atoms with van der Waals surface area (Å²) in [6.45, 7) is 4.28. The van der Waals surface area contributed by atoms with Crippen LogP contribution in [0.5, 0.6) is 5.75 Å². The summed E-state index contributed by atoms with van der Waals surface area (Å²) in [6, 6.07) is 20.1. The van der Waals surface area contributed by atoms with Crippen LogP contribution in [0.3, 0.4) is 0 Å². The zero-order valence-corrected chi connectivity index (χ0v) is 22.9. The Morgan fingerprint density at radius 3 is 2.62 bits per heavy atom. The van der Waals surface area contributed by atoms with Crippen molar-refractivity contribution in [2.24, 2.45) is 0 Å². The predicted molar refractivity (Wildman–Crippen MR) is 160 cm³/mol. The molecule has 0 saturated heterocycles. The van der Waals surface area contributed by atoms with Gasteiger partial charge in [-0.1, -0.05) is 36.4 Å². The van der Waals surface area contributed by atoms with E-state index in [1.165, 1.54) is 6.33 Å². The number of nitrogens with one attached hydrogen (secondary N) is 2. The number of phenolic OH excluding ortho intramolecular Hbond substituents is 1. The molecule has 0 aliphatic rings. The van der Waals surface area contributed by atoms with Gasteiger partial charge in [0.05, 0.1) is 29.4 Å². The molecular weight excluding hydrogens is 530 g/mol. The lowest BCUT2D eigenvalue weighted by Gasteiger charge is -2.20. The van der Waals surface area contributed by atoms with Crippen LogP contribution >= 0.6 is 0 Å². The van der Waals surface area contributed by atoms with Crippen molar-refractivity contribution in [2.45, 2.75) is 26.4 Å². The van der Waals surface area contributed by atoms with Crippen LogP contribution in [0.4, 0.5) is 5.82 Å². The first-order valence-corrected chi connectivity index (χ1v) is 13.5. The summed E-state index contributed by atoms with van der Waals surface area (Å²) in [5.41, 5.74) is 4.95. The van der Waals surface area contributed by atoms with Gasteiger partial charge in [0.15, 0.2) is 5.82 Å². The molecule has 208 valence electrons. The fourth-order valence-corrected chi connectivity index (χ4v) is 5.29. The minimum Gasteiger partial charge on any atom is -0.508 e. The Kier molecular flexibility index (Phi) is 6.04. The number of anilines is 1. The van der Waals surface area contributed by atoms with E-state index in [1.54, 1.807) is 32.1 Å². The van der Waals surface area contributed by atoms with Crippen LogP contribution in [-0.2, 0) is 6.54 Å². The molecule has 0 amide bonds. The largest absolute Gasteiger partial charge is 0.508 e. The second-order valence-corrected chi connectivity index (χ2v) is 10.2. The molecule has 42 heavy (non-hydrogen) atoms. The molecule has 1 atom stereocenters. The first-order chi connectivity index (χ1) is 20.5. The molecular formula is C31H27N9O2. The number of phenols is 1. The maximum absolute atomic E-state index is 13.8. The Hall–Kier alpha value is -5.71. The lowest BCUT2D eigenvalue weighted by molar-refractivity contribution is 0.464. The first kappa shape index (κ1) is 25.3. The van der Waals surface area contributed by atoms with Crippen LogP contribution in [0.2, 0.25) is 0 Å². The highest BCUT2D eigenvalue weighted by Crippen LogP contribution is 2.33. The van der Waals surface area contributed by atoms with E-state index in [4.69, 9.17) is 10.2 Å². The van der Waals surface area contributed by atoms with Crippen LogP contribution in [0.25, 0.3) is 33.5 Å². The summed E-state index contributed by atoms with van der Waals surface area (Å²) in [7, 11) is 0. The zero-order chi connectivity index (χ0) is 28.8. The maximum Gasteiger partial charge on any atom is 0.282 e. The highest BCUT2D eigenvalue weighted by atomic mass is 16.3. The molecule has 2 aromatic carbocycles. The molecule has 0 bridgehead atoms. The Morgan fingerprint density at radius 2 is 1.79 bits per heavy atom. The molecule has 0 spiro atoms. The Bertz CT molecular complexity index is 2120. The number of hydrogen-bond donors (Lipinski definition) is 3. The van der Waals surface area contributed by atoms with E-state index in [1.807, 2.05) is 80.8 Å². The maximum atomic E-state index is 13.8. The summed E-state index contributed by atoms with van der Waals surface area (Å²) in [5.74, 6) is 1.34. The summed E-state index contributed by atoms with van der Waals surface area (Å²) in [6.07, 6.45) is 7.02. The van der Waals surface area contributed by atoms with Gasteiger partial charge in [0.1, 0.15) is 29.1 Å². The lowest BCUT2D eigenvalue weighted by Crippen LogP contribution is -2.29. The highest BCUT2D eigenvalue weighted by Gasteiger charge is 2.22. The average Bonchev–Trinajstić information content (AvgIpc) is 3.73. The molecule has 0 aliphatic heterocycles. The van der Waals surface area contributed by atoms with E-state index < -0.39 is 6.04 Å². The van der Waals surface area contributed by atoms with E-state index in [-0.39, 0.29) is 11.3 Å². The van der Waals surface area contributed by atoms with Crippen LogP contribution in [0.15, 0.2) is 96.4 Å². The van der Waals surface area contributed by atoms with Gasteiger partial charge in [-0.3, -0.25) is 14.0 Å². The predicted octanol–water partition coefficient (Wildman–Crippen LogP) is 4.86. The van der Waals surface area contributed by atoms with Crippen molar-refractivity contribution >= 4 is 22.4 Å². The van der Waals surface area contributed by atoms with Crippen molar-refractivity contribution in [1.29, 1.82) is 0 Å². The van der Waals surface area contributed by atoms with Crippen molar-refractivity contribution in [3.8, 4) is 22.7 Å². The number of aromatic nitrogens is 8. The summed E-state index contributed by atoms with van der Waals surface area (Å²) >= 11 is 0. The van der Waals surface area contributed by atoms with Crippen LogP contribution < -0.4 is 10.9 Å². The van der Waals surface area contributed by atoms with E-state index in [0.29, 0.717) is 29.4 Å².